The van der Waals surface area contributed by atoms with E-state index in [1.165, 1.54) is 12.1 Å². The summed E-state index contributed by atoms with van der Waals surface area (Å²) in [6, 6.07) is 6.37. The predicted molar refractivity (Wildman–Crippen MR) is 70.8 cm³/mol. The Morgan fingerprint density at radius 2 is 2.15 bits per heavy atom. The zero-order valence-corrected chi connectivity index (χ0v) is 11.1. The number of carbonyl (C=O) groups excluding carboxylic acids is 1. The van der Waals surface area contributed by atoms with Crippen LogP contribution in [-0.2, 0) is 11.2 Å². The molecule has 1 aliphatic heterocycles. The van der Waals surface area contributed by atoms with Crippen molar-refractivity contribution in [1.29, 1.82) is 0 Å². The van der Waals surface area contributed by atoms with E-state index in [-0.39, 0.29) is 17.7 Å². The molecule has 1 aromatic carbocycles. The number of amides is 1. The van der Waals surface area contributed by atoms with Gasteiger partial charge in [0.25, 0.3) is 0 Å². The van der Waals surface area contributed by atoms with Crippen LogP contribution in [0.25, 0.3) is 0 Å². The Hall–Kier alpha value is -1.69. The number of nitrogens with one attached hydrogen (secondary N) is 2. The Morgan fingerprint density at radius 1 is 1.40 bits per heavy atom. The van der Waals surface area contributed by atoms with Crippen molar-refractivity contribution in [2.75, 3.05) is 13.1 Å². The number of halogens is 2. The van der Waals surface area contributed by atoms with Gasteiger partial charge < -0.3 is 15.4 Å². The number of carbonyl (C=O) groups is 1. The second kappa shape index (κ2) is 7.19. The van der Waals surface area contributed by atoms with Gasteiger partial charge in [0, 0.05) is 6.54 Å². The lowest BCUT2D eigenvalue weighted by atomic mass is 10.1. The van der Waals surface area contributed by atoms with Gasteiger partial charge in [-0.15, -0.1) is 0 Å². The largest absolute Gasteiger partial charge is 0.435 e. The topological polar surface area (TPSA) is 50.4 Å². The summed E-state index contributed by atoms with van der Waals surface area (Å²) < 4.78 is 28.2. The lowest BCUT2D eigenvalue weighted by molar-refractivity contribution is -0.122. The maximum absolute atomic E-state index is 12.0. The first-order chi connectivity index (χ1) is 9.65. The number of alkyl halides is 2. The second-order valence-corrected chi connectivity index (χ2v) is 4.71. The molecule has 110 valence electrons. The fourth-order valence-corrected chi connectivity index (χ4v) is 2.20. The highest BCUT2D eigenvalue weighted by atomic mass is 19.3. The second-order valence-electron chi connectivity index (χ2n) is 4.71. The van der Waals surface area contributed by atoms with E-state index in [1.807, 2.05) is 0 Å². The van der Waals surface area contributed by atoms with Crippen molar-refractivity contribution >= 4 is 5.91 Å². The van der Waals surface area contributed by atoms with Crippen LogP contribution in [0.2, 0.25) is 0 Å². The van der Waals surface area contributed by atoms with Gasteiger partial charge in [-0.05, 0) is 43.5 Å². The first-order valence-corrected chi connectivity index (χ1v) is 6.70. The summed E-state index contributed by atoms with van der Waals surface area (Å²) in [4.78, 5) is 11.7. The predicted octanol–water partition coefficient (Wildman–Crippen LogP) is 1.70. The minimum absolute atomic E-state index is 0.0279. The highest BCUT2D eigenvalue weighted by Crippen LogP contribution is 2.15. The van der Waals surface area contributed by atoms with Gasteiger partial charge in [-0.2, -0.15) is 8.78 Å². The molecule has 6 heteroatoms. The molecular weight excluding hydrogens is 266 g/mol. The van der Waals surface area contributed by atoms with E-state index >= 15 is 0 Å². The van der Waals surface area contributed by atoms with Crippen molar-refractivity contribution in [3.63, 3.8) is 0 Å². The number of hydrogen-bond donors (Lipinski definition) is 2. The maximum Gasteiger partial charge on any atom is 0.387 e. The van der Waals surface area contributed by atoms with Crippen LogP contribution < -0.4 is 15.4 Å². The summed E-state index contributed by atoms with van der Waals surface area (Å²) in [5.74, 6) is 0.170. The molecule has 0 spiro atoms. The molecule has 0 aromatic heterocycles. The van der Waals surface area contributed by atoms with Gasteiger partial charge in [-0.1, -0.05) is 12.1 Å². The molecule has 1 amide bonds. The summed E-state index contributed by atoms with van der Waals surface area (Å²) >= 11 is 0. The van der Waals surface area contributed by atoms with E-state index in [0.29, 0.717) is 13.0 Å². The molecule has 0 saturated carbocycles. The molecule has 0 aliphatic carbocycles. The molecule has 1 heterocycles. The lowest BCUT2D eigenvalue weighted by Gasteiger charge is -2.11. The fourth-order valence-electron chi connectivity index (χ4n) is 2.20. The van der Waals surface area contributed by atoms with Gasteiger partial charge in [0.1, 0.15) is 5.75 Å². The molecule has 1 aliphatic rings. The number of hydrogen-bond acceptors (Lipinski definition) is 3. The van der Waals surface area contributed by atoms with Crippen LogP contribution in [0.4, 0.5) is 8.78 Å². The molecule has 1 atom stereocenters. The molecule has 4 nitrogen and oxygen atoms in total. The van der Waals surface area contributed by atoms with Crippen molar-refractivity contribution < 1.29 is 18.3 Å². The third-order valence-corrected chi connectivity index (χ3v) is 3.24. The Labute approximate surface area is 116 Å². The van der Waals surface area contributed by atoms with Crippen molar-refractivity contribution in [2.45, 2.75) is 31.9 Å². The molecule has 2 rings (SSSR count). The quantitative estimate of drug-likeness (QED) is 0.836. The SMILES string of the molecule is O=C(NCCc1ccc(OC(F)F)cc1)[C@H]1CCCN1. The van der Waals surface area contributed by atoms with E-state index in [1.54, 1.807) is 12.1 Å². The van der Waals surface area contributed by atoms with Crippen LogP contribution in [0.15, 0.2) is 24.3 Å². The molecule has 1 saturated heterocycles. The van der Waals surface area contributed by atoms with Crippen molar-refractivity contribution in [1.82, 2.24) is 10.6 Å². The van der Waals surface area contributed by atoms with E-state index in [9.17, 15) is 13.6 Å². The first-order valence-electron chi connectivity index (χ1n) is 6.70. The van der Waals surface area contributed by atoms with Crippen molar-refractivity contribution in [3.8, 4) is 5.75 Å². The van der Waals surface area contributed by atoms with Gasteiger partial charge in [-0.3, -0.25) is 4.79 Å². The van der Waals surface area contributed by atoms with E-state index < -0.39 is 6.61 Å². The normalized spacial score (nSPS) is 18.2. The molecular formula is C14H18F2N2O2. The van der Waals surface area contributed by atoms with Gasteiger partial charge in [0.05, 0.1) is 6.04 Å². The van der Waals surface area contributed by atoms with Gasteiger partial charge in [0.15, 0.2) is 0 Å². The van der Waals surface area contributed by atoms with Gasteiger partial charge in [-0.25, -0.2) is 0 Å². The van der Waals surface area contributed by atoms with Crippen molar-refractivity contribution in [3.05, 3.63) is 29.8 Å². The molecule has 0 unspecified atom stereocenters. The maximum atomic E-state index is 12.0. The Bertz CT molecular complexity index is 431. The summed E-state index contributed by atoms with van der Waals surface area (Å²) in [6.45, 7) is -1.38. The van der Waals surface area contributed by atoms with Crippen LogP contribution in [0, 0.1) is 0 Å². The highest BCUT2D eigenvalue weighted by Gasteiger charge is 2.21. The first kappa shape index (κ1) is 14.7. The van der Waals surface area contributed by atoms with Gasteiger partial charge >= 0.3 is 6.61 Å². The van der Waals surface area contributed by atoms with Crippen LogP contribution in [0.5, 0.6) is 5.75 Å². The Kier molecular flexibility index (Phi) is 5.29. The fraction of sp³-hybridized carbons (Fsp3) is 0.500. The minimum Gasteiger partial charge on any atom is -0.435 e. The zero-order valence-electron chi connectivity index (χ0n) is 11.1. The average molecular weight is 284 g/mol. The molecule has 1 aromatic rings. The molecule has 1 fully saturated rings. The average Bonchev–Trinajstić information content (AvgIpc) is 2.94. The summed E-state index contributed by atoms with van der Waals surface area (Å²) in [5.41, 5.74) is 0.964. The van der Waals surface area contributed by atoms with Crippen molar-refractivity contribution in [2.24, 2.45) is 0 Å². The monoisotopic (exact) mass is 284 g/mol. The summed E-state index contributed by atoms with van der Waals surface area (Å²) in [7, 11) is 0. The zero-order chi connectivity index (χ0) is 14.4. The molecule has 0 radical (unpaired) electrons. The van der Waals surface area contributed by atoms with Gasteiger partial charge in [0.2, 0.25) is 5.91 Å². The third kappa shape index (κ3) is 4.45. The Balaban J connectivity index is 1.72. The van der Waals surface area contributed by atoms with Crippen LogP contribution in [-0.4, -0.2) is 31.7 Å². The third-order valence-electron chi connectivity index (χ3n) is 3.24. The van der Waals surface area contributed by atoms with Crippen LogP contribution >= 0.6 is 0 Å². The van der Waals surface area contributed by atoms with E-state index in [4.69, 9.17) is 0 Å². The van der Waals surface area contributed by atoms with Crippen LogP contribution in [0.1, 0.15) is 18.4 Å². The van der Waals surface area contributed by atoms with E-state index in [2.05, 4.69) is 15.4 Å². The standard InChI is InChI=1S/C14H18F2N2O2/c15-14(16)20-11-5-3-10(4-6-11)7-9-18-13(19)12-2-1-8-17-12/h3-6,12,14,17H,1-2,7-9H2,(H,18,19)/t12-/m1/s1. The van der Waals surface area contributed by atoms with E-state index in [0.717, 1.165) is 24.9 Å². The Morgan fingerprint density at radius 3 is 2.75 bits per heavy atom. The summed E-state index contributed by atoms with van der Waals surface area (Å²) in [6.07, 6.45) is 2.57. The van der Waals surface area contributed by atoms with Crippen LogP contribution in [0.3, 0.4) is 0 Å². The number of benzene rings is 1. The summed E-state index contributed by atoms with van der Waals surface area (Å²) in [5, 5.41) is 6.00. The minimum atomic E-state index is -2.81. The number of rotatable bonds is 6. The smallest absolute Gasteiger partial charge is 0.387 e. The molecule has 2 N–H and O–H groups in total. The molecule has 0 bridgehead atoms. The lowest BCUT2D eigenvalue weighted by Crippen LogP contribution is -2.41. The highest BCUT2D eigenvalue weighted by molar-refractivity contribution is 5.81. The number of ether oxygens (including phenoxy) is 1. The molecule has 20 heavy (non-hydrogen) atoms.